The molecule has 8 nitrogen and oxygen atoms in total. The van der Waals surface area contributed by atoms with Crippen molar-refractivity contribution in [2.45, 2.75) is 26.4 Å². The fraction of sp³-hybridized carbons (Fsp3) is 0.529. The number of hydrogen-bond donors (Lipinski definition) is 0. The van der Waals surface area contributed by atoms with E-state index in [1.165, 1.54) is 0 Å². The fourth-order valence-electron chi connectivity index (χ4n) is 3.18. The van der Waals surface area contributed by atoms with Crippen LogP contribution in [0.25, 0.3) is 0 Å². The molecule has 0 unspecified atom stereocenters. The van der Waals surface area contributed by atoms with E-state index in [1.54, 1.807) is 42.9 Å². The van der Waals surface area contributed by atoms with E-state index in [2.05, 4.69) is 10.1 Å². The molecule has 1 fully saturated rings. The average molecular weight is 346 g/mol. The Bertz CT molecular complexity index is 779. The number of imidazole rings is 1. The molecule has 1 amide bonds. The van der Waals surface area contributed by atoms with Crippen molar-refractivity contribution in [2.24, 2.45) is 13.0 Å². The van der Waals surface area contributed by atoms with Crippen LogP contribution in [0.4, 0.5) is 0 Å². The van der Waals surface area contributed by atoms with Gasteiger partial charge in [0.05, 0.1) is 12.2 Å². The predicted octanol–water partition coefficient (Wildman–Crippen LogP) is 1.60. The van der Waals surface area contributed by atoms with Crippen LogP contribution in [-0.4, -0.2) is 51.5 Å². The van der Waals surface area contributed by atoms with Gasteiger partial charge < -0.3 is 18.7 Å². The van der Waals surface area contributed by atoms with E-state index in [4.69, 9.17) is 9.26 Å². The number of piperidine rings is 1. The fourth-order valence-corrected chi connectivity index (χ4v) is 3.18. The minimum atomic E-state index is -0.252. The first-order valence-electron chi connectivity index (χ1n) is 8.27. The van der Waals surface area contributed by atoms with Gasteiger partial charge in [-0.05, 0) is 19.8 Å². The highest BCUT2D eigenvalue weighted by atomic mass is 16.5. The molecule has 1 aliphatic heterocycles. The topological polar surface area (TPSA) is 90.5 Å². The number of carbonyl (C=O) groups excluding carboxylic acids is 2. The van der Waals surface area contributed by atoms with E-state index < -0.39 is 0 Å². The number of nitrogens with zero attached hydrogens (tertiary/aromatic N) is 4. The van der Waals surface area contributed by atoms with Gasteiger partial charge in [-0.2, -0.15) is 0 Å². The van der Waals surface area contributed by atoms with Gasteiger partial charge in [0.15, 0.2) is 11.5 Å². The standard InChI is InChI=1S/C17H22N4O4/c1-11-13(10-24-3)14(19-25-11)17(23)21-7-4-5-12(9-21)15(22)16-18-6-8-20(16)2/h6,8,12H,4-5,7,9-10H2,1-3H3/t12-/m1/s1. The summed E-state index contributed by atoms with van der Waals surface area (Å²) in [6, 6.07) is 0. The third-order valence-corrected chi connectivity index (χ3v) is 4.60. The SMILES string of the molecule is COCc1c(C(=O)N2CCC[C@@H](C(=O)c3nccn3C)C2)noc1C. The van der Waals surface area contributed by atoms with E-state index in [9.17, 15) is 9.59 Å². The van der Waals surface area contributed by atoms with Crippen molar-refractivity contribution in [3.05, 3.63) is 35.2 Å². The highest BCUT2D eigenvalue weighted by molar-refractivity contribution is 5.97. The second-order valence-electron chi connectivity index (χ2n) is 6.32. The molecule has 8 heteroatoms. The van der Waals surface area contributed by atoms with E-state index in [1.807, 2.05) is 0 Å². The van der Waals surface area contributed by atoms with Gasteiger partial charge >= 0.3 is 0 Å². The lowest BCUT2D eigenvalue weighted by Crippen LogP contribution is -2.43. The Balaban J connectivity index is 1.76. The molecule has 0 radical (unpaired) electrons. The normalized spacial score (nSPS) is 17.7. The molecule has 2 aromatic rings. The molecule has 0 saturated carbocycles. The predicted molar refractivity (Wildman–Crippen MR) is 88.1 cm³/mol. The molecule has 1 atom stereocenters. The summed E-state index contributed by atoms with van der Waals surface area (Å²) >= 11 is 0. The van der Waals surface area contributed by atoms with E-state index in [0.717, 1.165) is 12.8 Å². The van der Waals surface area contributed by atoms with Crippen molar-refractivity contribution < 1.29 is 18.8 Å². The Morgan fingerprint density at radius 1 is 1.44 bits per heavy atom. The molecule has 3 rings (SSSR count). The van der Waals surface area contributed by atoms with E-state index in [0.29, 0.717) is 30.2 Å². The van der Waals surface area contributed by atoms with Crippen molar-refractivity contribution >= 4 is 11.7 Å². The van der Waals surface area contributed by atoms with Crippen LogP contribution < -0.4 is 0 Å². The number of likely N-dealkylation sites (tertiary alicyclic amines) is 1. The Hall–Kier alpha value is -2.48. The Morgan fingerprint density at radius 2 is 2.24 bits per heavy atom. The molecule has 0 bridgehead atoms. The lowest BCUT2D eigenvalue weighted by molar-refractivity contribution is 0.0621. The highest BCUT2D eigenvalue weighted by Gasteiger charge is 2.33. The minimum absolute atomic E-state index is 0.0292. The van der Waals surface area contributed by atoms with Gasteiger partial charge in [0.1, 0.15) is 5.76 Å². The van der Waals surface area contributed by atoms with E-state index in [-0.39, 0.29) is 29.9 Å². The first kappa shape index (κ1) is 17.3. The molecule has 1 saturated heterocycles. The van der Waals surface area contributed by atoms with Gasteiger partial charge in [0.2, 0.25) is 5.78 Å². The number of aromatic nitrogens is 3. The molecule has 134 valence electrons. The molecule has 0 aliphatic carbocycles. The zero-order valence-electron chi connectivity index (χ0n) is 14.7. The number of ketones is 1. The third kappa shape index (κ3) is 3.34. The van der Waals surface area contributed by atoms with Crippen LogP contribution in [0.3, 0.4) is 0 Å². The number of Topliss-reactive ketones (excluding diaryl/α,β-unsaturated/α-hetero) is 1. The molecular formula is C17H22N4O4. The van der Waals surface area contributed by atoms with Crippen LogP contribution in [-0.2, 0) is 18.4 Å². The molecule has 2 aromatic heterocycles. The minimum Gasteiger partial charge on any atom is -0.380 e. The monoisotopic (exact) mass is 346 g/mol. The smallest absolute Gasteiger partial charge is 0.276 e. The van der Waals surface area contributed by atoms with Gasteiger partial charge in [-0.3, -0.25) is 9.59 Å². The summed E-state index contributed by atoms with van der Waals surface area (Å²) in [4.78, 5) is 31.3. The summed E-state index contributed by atoms with van der Waals surface area (Å²) in [6.07, 6.45) is 4.86. The first-order valence-corrected chi connectivity index (χ1v) is 8.27. The molecule has 0 aromatic carbocycles. The molecule has 0 N–H and O–H groups in total. The van der Waals surface area contributed by atoms with Crippen molar-refractivity contribution in [3.8, 4) is 0 Å². The van der Waals surface area contributed by atoms with Gasteiger partial charge in [-0.25, -0.2) is 4.98 Å². The Kier molecular flexibility index (Phi) is 4.98. The number of hydrogen-bond acceptors (Lipinski definition) is 6. The van der Waals surface area contributed by atoms with Gasteiger partial charge in [-0.15, -0.1) is 0 Å². The third-order valence-electron chi connectivity index (χ3n) is 4.60. The summed E-state index contributed by atoms with van der Waals surface area (Å²) in [6.45, 7) is 2.98. The first-order chi connectivity index (χ1) is 12.0. The number of ether oxygens (including phenoxy) is 1. The van der Waals surface area contributed by atoms with Crippen LogP contribution in [0, 0.1) is 12.8 Å². The number of amides is 1. The summed E-state index contributed by atoms with van der Waals surface area (Å²) in [7, 11) is 3.35. The van der Waals surface area contributed by atoms with Gasteiger partial charge in [0, 0.05) is 45.6 Å². The number of rotatable bonds is 5. The van der Waals surface area contributed by atoms with Crippen molar-refractivity contribution in [2.75, 3.05) is 20.2 Å². The largest absolute Gasteiger partial charge is 0.380 e. The maximum absolute atomic E-state index is 12.8. The zero-order valence-corrected chi connectivity index (χ0v) is 14.7. The van der Waals surface area contributed by atoms with Crippen molar-refractivity contribution in [3.63, 3.8) is 0 Å². The lowest BCUT2D eigenvalue weighted by Gasteiger charge is -2.31. The zero-order chi connectivity index (χ0) is 18.0. The number of methoxy groups -OCH3 is 1. The van der Waals surface area contributed by atoms with Crippen LogP contribution in [0.1, 0.15) is 45.3 Å². The molecule has 3 heterocycles. The maximum Gasteiger partial charge on any atom is 0.276 e. The number of aryl methyl sites for hydroxylation is 2. The van der Waals surface area contributed by atoms with Crippen LogP contribution in [0.2, 0.25) is 0 Å². The maximum atomic E-state index is 12.8. The van der Waals surface area contributed by atoms with Crippen LogP contribution in [0.15, 0.2) is 16.9 Å². The van der Waals surface area contributed by atoms with Crippen LogP contribution >= 0.6 is 0 Å². The summed E-state index contributed by atoms with van der Waals surface area (Å²) in [5.41, 5.74) is 0.925. The second kappa shape index (κ2) is 7.18. The van der Waals surface area contributed by atoms with Crippen molar-refractivity contribution in [1.82, 2.24) is 19.6 Å². The highest BCUT2D eigenvalue weighted by Crippen LogP contribution is 2.23. The molecular weight excluding hydrogens is 324 g/mol. The number of carbonyl (C=O) groups is 2. The summed E-state index contributed by atoms with van der Waals surface area (Å²) in [5.74, 6) is 0.497. The van der Waals surface area contributed by atoms with Gasteiger partial charge in [0.25, 0.3) is 5.91 Å². The summed E-state index contributed by atoms with van der Waals surface area (Å²) < 4.78 is 12.0. The Labute approximate surface area is 145 Å². The average Bonchev–Trinajstić information content (AvgIpc) is 3.20. The quantitative estimate of drug-likeness (QED) is 0.764. The molecule has 0 spiro atoms. The summed E-state index contributed by atoms with van der Waals surface area (Å²) in [5, 5.41) is 3.90. The molecule has 1 aliphatic rings. The van der Waals surface area contributed by atoms with Crippen molar-refractivity contribution in [1.29, 1.82) is 0 Å². The van der Waals surface area contributed by atoms with Gasteiger partial charge in [-0.1, -0.05) is 5.16 Å². The Morgan fingerprint density at radius 3 is 2.92 bits per heavy atom. The van der Waals surface area contributed by atoms with E-state index >= 15 is 0 Å². The lowest BCUT2D eigenvalue weighted by atomic mass is 9.93. The molecule has 25 heavy (non-hydrogen) atoms. The van der Waals surface area contributed by atoms with Crippen LogP contribution in [0.5, 0.6) is 0 Å². The second-order valence-corrected chi connectivity index (χ2v) is 6.32.